The van der Waals surface area contributed by atoms with E-state index < -0.39 is 23.9 Å². The molecule has 0 aromatic carbocycles. The smallest absolute Gasteiger partial charge is 0.322 e. The quantitative estimate of drug-likeness (QED) is 0.758. The number of pyridine rings is 1. The van der Waals surface area contributed by atoms with Crippen LogP contribution in [0.15, 0.2) is 10.9 Å². The number of aromatic amines is 1. The number of hydrogen-bond donors (Lipinski definition) is 3. The topological polar surface area (TPSA) is 117 Å². The van der Waals surface area contributed by atoms with Gasteiger partial charge in [-0.3, -0.25) is 19.5 Å². The molecule has 0 saturated heterocycles. The molecule has 1 aliphatic carbocycles. The first-order chi connectivity index (χ1) is 11.5. The summed E-state index contributed by atoms with van der Waals surface area (Å²) >= 11 is 0. The molecular weight excluding hydrogens is 348 g/mol. The number of nitrogens with zero attached hydrogens (tertiary/aromatic N) is 2. The molecule has 0 bridgehead atoms. The number of halogens is 1. The molecular formula is C16H21ClN4O4. The number of amides is 1. The van der Waals surface area contributed by atoms with Gasteiger partial charge >= 0.3 is 5.97 Å². The zero-order valence-electron chi connectivity index (χ0n) is 13.9. The van der Waals surface area contributed by atoms with Gasteiger partial charge in [-0.15, -0.1) is 12.4 Å². The molecule has 3 N–H and O–H groups in total. The largest absolute Gasteiger partial charge is 0.480 e. The van der Waals surface area contributed by atoms with Crippen LogP contribution in [0.5, 0.6) is 0 Å². The highest BCUT2D eigenvalue weighted by atomic mass is 35.5. The molecule has 9 heteroatoms. The van der Waals surface area contributed by atoms with Crippen LogP contribution >= 0.6 is 12.4 Å². The second-order valence-corrected chi connectivity index (χ2v) is 6.19. The monoisotopic (exact) mass is 368 g/mol. The Morgan fingerprint density at radius 2 is 2.04 bits per heavy atom. The zero-order chi connectivity index (χ0) is 17.3. The van der Waals surface area contributed by atoms with Crippen molar-refractivity contribution in [3.8, 4) is 0 Å². The van der Waals surface area contributed by atoms with Crippen molar-refractivity contribution in [3.63, 3.8) is 0 Å². The van der Waals surface area contributed by atoms with Crippen LogP contribution in [-0.4, -0.2) is 38.1 Å². The van der Waals surface area contributed by atoms with Gasteiger partial charge in [0.15, 0.2) is 11.1 Å². The van der Waals surface area contributed by atoms with Crippen LogP contribution in [0.4, 0.5) is 0 Å². The molecule has 8 nitrogen and oxygen atoms in total. The first-order valence-electron chi connectivity index (χ1n) is 8.09. The molecule has 0 radical (unpaired) electrons. The summed E-state index contributed by atoms with van der Waals surface area (Å²) in [5.41, 5.74) is 0.540. The molecule has 136 valence electrons. The summed E-state index contributed by atoms with van der Waals surface area (Å²) in [5, 5.41) is 14.0. The predicted molar refractivity (Wildman–Crippen MR) is 93.6 cm³/mol. The van der Waals surface area contributed by atoms with Crippen LogP contribution in [0.25, 0.3) is 5.65 Å². The van der Waals surface area contributed by atoms with E-state index in [1.165, 1.54) is 12.5 Å². The van der Waals surface area contributed by atoms with E-state index >= 15 is 0 Å². The molecule has 0 atom stereocenters. The highest BCUT2D eigenvalue weighted by molar-refractivity contribution is 6.00. The van der Waals surface area contributed by atoms with Crippen molar-refractivity contribution < 1.29 is 14.7 Å². The molecule has 1 fully saturated rings. The van der Waals surface area contributed by atoms with Gasteiger partial charge < -0.3 is 10.4 Å². The number of carboxylic acids is 1. The third kappa shape index (κ3) is 3.84. The van der Waals surface area contributed by atoms with Crippen LogP contribution in [0.3, 0.4) is 0 Å². The van der Waals surface area contributed by atoms with Crippen molar-refractivity contribution in [2.45, 2.75) is 44.9 Å². The number of H-pyrrole nitrogens is 1. The summed E-state index contributed by atoms with van der Waals surface area (Å²) in [5.74, 6) is -1.04. The van der Waals surface area contributed by atoms with E-state index in [1.54, 1.807) is 11.4 Å². The fourth-order valence-electron chi connectivity index (χ4n) is 3.34. The standard InChI is InChI=1S/C16H20N4O4.ClH/c1-9-18-15-14(16(24)17-8-13(22)23)12(21)7-11(20(15)19-9)10-5-3-2-4-6-10;/h7,10H,2-6,8H2,1H3,(H,17,24)(H,18,19)(H,22,23);1H. The highest BCUT2D eigenvalue weighted by Crippen LogP contribution is 2.32. The molecule has 2 heterocycles. The lowest BCUT2D eigenvalue weighted by molar-refractivity contribution is -0.135. The fraction of sp³-hybridized carbons (Fsp3) is 0.500. The van der Waals surface area contributed by atoms with E-state index in [0.29, 0.717) is 5.82 Å². The van der Waals surface area contributed by atoms with Gasteiger partial charge in [0.05, 0.1) is 0 Å². The van der Waals surface area contributed by atoms with Crippen molar-refractivity contribution in [1.29, 1.82) is 0 Å². The van der Waals surface area contributed by atoms with Crippen LogP contribution in [-0.2, 0) is 4.79 Å². The normalized spacial score (nSPS) is 14.9. The average Bonchev–Trinajstić information content (AvgIpc) is 2.93. The summed E-state index contributed by atoms with van der Waals surface area (Å²) in [6.45, 7) is 1.21. The summed E-state index contributed by atoms with van der Waals surface area (Å²) in [6, 6.07) is 1.48. The van der Waals surface area contributed by atoms with E-state index in [9.17, 15) is 14.4 Å². The van der Waals surface area contributed by atoms with Crippen molar-refractivity contribution in [2.24, 2.45) is 0 Å². The molecule has 1 saturated carbocycles. The Bertz CT molecular complexity index is 852. The number of fused-ring (bicyclic) bond motifs is 1. The number of aryl methyl sites for hydroxylation is 1. The number of rotatable bonds is 4. The van der Waals surface area contributed by atoms with Crippen LogP contribution in [0, 0.1) is 6.92 Å². The third-order valence-electron chi connectivity index (χ3n) is 4.42. The van der Waals surface area contributed by atoms with Gasteiger partial charge in [0.1, 0.15) is 17.9 Å². The Labute approximate surface area is 150 Å². The number of carbonyl (C=O) groups excluding carboxylic acids is 1. The number of carboxylic acid groups (broad SMARTS) is 1. The molecule has 2 aromatic heterocycles. The second-order valence-electron chi connectivity index (χ2n) is 6.19. The summed E-state index contributed by atoms with van der Waals surface area (Å²) in [7, 11) is 0. The summed E-state index contributed by atoms with van der Waals surface area (Å²) < 4.78 is 1.70. The third-order valence-corrected chi connectivity index (χ3v) is 4.42. The number of nitrogens with one attached hydrogen (secondary N) is 2. The molecule has 0 unspecified atom stereocenters. The lowest BCUT2D eigenvalue weighted by Crippen LogP contribution is -2.33. The van der Waals surface area contributed by atoms with E-state index in [0.717, 1.165) is 31.4 Å². The molecule has 2 aromatic rings. The minimum atomic E-state index is -1.17. The van der Waals surface area contributed by atoms with E-state index in [4.69, 9.17) is 5.11 Å². The fourth-order valence-corrected chi connectivity index (χ4v) is 3.34. The van der Waals surface area contributed by atoms with Gasteiger partial charge in [0.2, 0.25) is 0 Å². The SMILES string of the molecule is Cc1nc2c(C(=O)NCC(=O)O)c(=O)cc(C3CCCCC3)n2[nH]1.Cl. The van der Waals surface area contributed by atoms with Gasteiger partial charge in [-0.1, -0.05) is 19.3 Å². The van der Waals surface area contributed by atoms with Gasteiger partial charge in [-0.05, 0) is 19.8 Å². The molecule has 1 aliphatic rings. The van der Waals surface area contributed by atoms with E-state index in [1.807, 2.05) is 0 Å². The maximum atomic E-state index is 12.5. The number of aromatic nitrogens is 3. The van der Waals surface area contributed by atoms with E-state index in [2.05, 4.69) is 15.4 Å². The van der Waals surface area contributed by atoms with Gasteiger partial charge in [-0.2, -0.15) is 0 Å². The molecule has 0 aliphatic heterocycles. The molecule has 1 amide bonds. The van der Waals surface area contributed by atoms with Crippen molar-refractivity contribution >= 4 is 29.9 Å². The maximum absolute atomic E-state index is 12.5. The van der Waals surface area contributed by atoms with Crippen molar-refractivity contribution in [2.75, 3.05) is 6.54 Å². The lowest BCUT2D eigenvalue weighted by atomic mass is 9.86. The summed E-state index contributed by atoms with van der Waals surface area (Å²) in [4.78, 5) is 39.7. The Morgan fingerprint density at radius 1 is 1.36 bits per heavy atom. The maximum Gasteiger partial charge on any atom is 0.322 e. The van der Waals surface area contributed by atoms with E-state index in [-0.39, 0.29) is 29.5 Å². The van der Waals surface area contributed by atoms with Gasteiger partial charge in [0.25, 0.3) is 5.91 Å². The average molecular weight is 369 g/mol. The first-order valence-corrected chi connectivity index (χ1v) is 8.09. The zero-order valence-corrected chi connectivity index (χ0v) is 14.7. The Balaban J connectivity index is 0.00000225. The Morgan fingerprint density at radius 3 is 2.68 bits per heavy atom. The number of hydrogen-bond acceptors (Lipinski definition) is 4. The Hall–Kier alpha value is -2.35. The minimum absolute atomic E-state index is 0. The first kappa shape index (κ1) is 19.0. The van der Waals surface area contributed by atoms with Crippen LogP contribution in [0.1, 0.15) is 59.9 Å². The molecule has 25 heavy (non-hydrogen) atoms. The van der Waals surface area contributed by atoms with Crippen molar-refractivity contribution in [1.82, 2.24) is 19.9 Å². The van der Waals surface area contributed by atoms with Crippen molar-refractivity contribution in [3.05, 3.63) is 33.4 Å². The summed E-state index contributed by atoms with van der Waals surface area (Å²) in [6.07, 6.45) is 5.45. The number of aliphatic carboxylic acids is 1. The molecule has 3 rings (SSSR count). The van der Waals surface area contributed by atoms with Crippen LogP contribution < -0.4 is 10.7 Å². The predicted octanol–water partition coefficient (Wildman–Crippen LogP) is 1.61. The highest BCUT2D eigenvalue weighted by Gasteiger charge is 2.24. The Kier molecular flexibility index (Phi) is 5.84. The number of carbonyl (C=O) groups is 2. The lowest BCUT2D eigenvalue weighted by Gasteiger charge is -2.22. The second kappa shape index (κ2) is 7.69. The van der Waals surface area contributed by atoms with Gasteiger partial charge in [0, 0.05) is 17.7 Å². The van der Waals surface area contributed by atoms with Crippen LogP contribution in [0.2, 0.25) is 0 Å². The molecule has 0 spiro atoms. The minimum Gasteiger partial charge on any atom is -0.480 e. The van der Waals surface area contributed by atoms with Gasteiger partial charge in [-0.25, -0.2) is 9.50 Å².